The summed E-state index contributed by atoms with van der Waals surface area (Å²) < 4.78 is 0.751. The summed E-state index contributed by atoms with van der Waals surface area (Å²) in [4.78, 5) is 12.3. The lowest BCUT2D eigenvalue weighted by Crippen LogP contribution is -2.13. The fourth-order valence-corrected chi connectivity index (χ4v) is 2.48. The molecule has 1 unspecified atom stereocenters. The standard InChI is InChI=1S/C15H13IO2/c16-10-12-8-4-5-9-13(12)15(18)14(17)11-6-2-1-3-7-11/h1-9,14,17H,10H2. The number of carbonyl (C=O) groups is 1. The molecule has 1 atom stereocenters. The highest BCUT2D eigenvalue weighted by Crippen LogP contribution is 2.21. The Bertz CT molecular complexity index is 537. The van der Waals surface area contributed by atoms with Crippen LogP contribution in [0.1, 0.15) is 27.6 Å². The Morgan fingerprint density at radius 1 is 1.06 bits per heavy atom. The number of ketones is 1. The van der Waals surface area contributed by atoms with Gasteiger partial charge in [0.25, 0.3) is 0 Å². The number of halogens is 1. The van der Waals surface area contributed by atoms with Gasteiger partial charge in [0.2, 0.25) is 0 Å². The quantitative estimate of drug-likeness (QED) is 0.519. The highest BCUT2D eigenvalue weighted by atomic mass is 127. The minimum atomic E-state index is -1.09. The van der Waals surface area contributed by atoms with E-state index in [2.05, 4.69) is 22.6 Å². The minimum absolute atomic E-state index is 0.242. The zero-order chi connectivity index (χ0) is 13.0. The number of hydrogen-bond donors (Lipinski definition) is 1. The Labute approximate surface area is 120 Å². The van der Waals surface area contributed by atoms with Crippen molar-refractivity contribution in [1.29, 1.82) is 0 Å². The van der Waals surface area contributed by atoms with Crippen molar-refractivity contribution in [2.24, 2.45) is 0 Å². The lowest BCUT2D eigenvalue weighted by molar-refractivity contribution is 0.0747. The van der Waals surface area contributed by atoms with Crippen LogP contribution in [0, 0.1) is 0 Å². The van der Waals surface area contributed by atoms with E-state index < -0.39 is 6.10 Å². The third-order valence-electron chi connectivity index (χ3n) is 2.79. The third-order valence-corrected chi connectivity index (χ3v) is 3.61. The van der Waals surface area contributed by atoms with Gasteiger partial charge in [-0.3, -0.25) is 4.79 Å². The molecule has 1 N–H and O–H groups in total. The molecule has 0 aliphatic heterocycles. The van der Waals surface area contributed by atoms with E-state index >= 15 is 0 Å². The summed E-state index contributed by atoms with van der Waals surface area (Å²) in [6.45, 7) is 0. The zero-order valence-electron chi connectivity index (χ0n) is 9.71. The number of carbonyl (C=O) groups excluding carboxylic acids is 1. The van der Waals surface area contributed by atoms with E-state index in [4.69, 9.17) is 0 Å². The van der Waals surface area contributed by atoms with Crippen LogP contribution in [0.5, 0.6) is 0 Å². The van der Waals surface area contributed by atoms with Crippen molar-refractivity contribution in [3.8, 4) is 0 Å². The molecule has 2 aromatic carbocycles. The van der Waals surface area contributed by atoms with Crippen molar-refractivity contribution < 1.29 is 9.90 Å². The van der Waals surface area contributed by atoms with Gasteiger partial charge in [-0.15, -0.1) is 0 Å². The molecule has 0 amide bonds. The maximum absolute atomic E-state index is 12.3. The number of alkyl halides is 1. The summed E-state index contributed by atoms with van der Waals surface area (Å²) in [5.41, 5.74) is 2.19. The Morgan fingerprint density at radius 2 is 1.67 bits per heavy atom. The molecule has 0 aromatic heterocycles. The van der Waals surface area contributed by atoms with E-state index in [9.17, 15) is 9.90 Å². The van der Waals surface area contributed by atoms with Crippen LogP contribution in [0.2, 0.25) is 0 Å². The van der Waals surface area contributed by atoms with E-state index in [-0.39, 0.29) is 5.78 Å². The number of benzene rings is 2. The second kappa shape index (κ2) is 6.11. The first-order valence-corrected chi connectivity index (χ1v) is 7.17. The normalized spacial score (nSPS) is 12.1. The molecule has 0 radical (unpaired) electrons. The molecule has 2 nitrogen and oxygen atoms in total. The average molecular weight is 352 g/mol. The third kappa shape index (κ3) is 2.79. The number of Topliss-reactive ketones (excluding diaryl/α,β-unsaturated/α-hetero) is 1. The highest BCUT2D eigenvalue weighted by Gasteiger charge is 2.20. The predicted molar refractivity (Wildman–Crippen MR) is 79.9 cm³/mol. The topological polar surface area (TPSA) is 37.3 Å². The van der Waals surface area contributed by atoms with Crippen molar-refractivity contribution >= 4 is 28.4 Å². The molecule has 0 aliphatic carbocycles. The van der Waals surface area contributed by atoms with Crippen molar-refractivity contribution in [2.75, 3.05) is 0 Å². The summed E-state index contributed by atoms with van der Waals surface area (Å²) in [7, 11) is 0. The first-order valence-electron chi connectivity index (χ1n) is 5.65. The Balaban J connectivity index is 2.32. The van der Waals surface area contributed by atoms with Gasteiger partial charge in [0.1, 0.15) is 6.10 Å². The maximum atomic E-state index is 12.3. The Hall–Kier alpha value is -1.20. The Kier molecular flexibility index (Phi) is 4.49. The summed E-state index contributed by atoms with van der Waals surface area (Å²) in [6, 6.07) is 16.4. The molecule has 3 heteroatoms. The van der Waals surface area contributed by atoms with Gasteiger partial charge < -0.3 is 5.11 Å². The van der Waals surface area contributed by atoms with Gasteiger partial charge in [-0.25, -0.2) is 0 Å². The van der Waals surface area contributed by atoms with E-state index in [0.29, 0.717) is 11.1 Å². The lowest BCUT2D eigenvalue weighted by Gasteiger charge is -2.12. The SMILES string of the molecule is O=C(c1ccccc1CI)C(O)c1ccccc1. The fourth-order valence-electron chi connectivity index (χ4n) is 1.81. The molecule has 0 fully saturated rings. The number of aliphatic hydroxyl groups is 1. The van der Waals surface area contributed by atoms with Gasteiger partial charge in [-0.1, -0.05) is 77.2 Å². The number of hydrogen-bond acceptors (Lipinski definition) is 2. The van der Waals surface area contributed by atoms with Crippen molar-refractivity contribution in [1.82, 2.24) is 0 Å². The summed E-state index contributed by atoms with van der Waals surface area (Å²) in [6.07, 6.45) is -1.09. The van der Waals surface area contributed by atoms with Crippen molar-refractivity contribution in [3.63, 3.8) is 0 Å². The van der Waals surface area contributed by atoms with Gasteiger partial charge >= 0.3 is 0 Å². The van der Waals surface area contributed by atoms with Crippen LogP contribution in [-0.2, 0) is 4.43 Å². The molecule has 2 aromatic rings. The highest BCUT2D eigenvalue weighted by molar-refractivity contribution is 14.1. The first-order chi connectivity index (χ1) is 8.74. The number of aliphatic hydroxyl groups excluding tert-OH is 1. The van der Waals surface area contributed by atoms with E-state index in [1.165, 1.54) is 0 Å². The molecule has 92 valence electrons. The van der Waals surface area contributed by atoms with E-state index in [0.717, 1.165) is 9.99 Å². The first kappa shape index (κ1) is 13.2. The monoisotopic (exact) mass is 352 g/mol. The summed E-state index contributed by atoms with van der Waals surface area (Å²) in [5.74, 6) is -0.242. The van der Waals surface area contributed by atoms with Crippen LogP contribution in [0.4, 0.5) is 0 Å². The molecular formula is C15H13IO2. The molecule has 0 heterocycles. The molecule has 18 heavy (non-hydrogen) atoms. The fraction of sp³-hybridized carbons (Fsp3) is 0.133. The summed E-state index contributed by atoms with van der Waals surface area (Å²) in [5, 5.41) is 10.1. The molecule has 2 rings (SSSR count). The molecule has 0 bridgehead atoms. The second-order valence-electron chi connectivity index (χ2n) is 3.97. The Morgan fingerprint density at radius 3 is 2.33 bits per heavy atom. The average Bonchev–Trinajstić information content (AvgIpc) is 2.46. The van der Waals surface area contributed by atoms with Crippen molar-refractivity contribution in [2.45, 2.75) is 10.5 Å². The van der Waals surface area contributed by atoms with Gasteiger partial charge in [0, 0.05) is 9.99 Å². The van der Waals surface area contributed by atoms with E-state index in [1.807, 2.05) is 36.4 Å². The molecule has 0 spiro atoms. The maximum Gasteiger partial charge on any atom is 0.196 e. The van der Waals surface area contributed by atoms with Crippen LogP contribution in [-0.4, -0.2) is 10.9 Å². The van der Waals surface area contributed by atoms with Crippen LogP contribution in [0.25, 0.3) is 0 Å². The van der Waals surface area contributed by atoms with Crippen LogP contribution in [0.15, 0.2) is 54.6 Å². The molecule has 0 aliphatic rings. The smallest absolute Gasteiger partial charge is 0.196 e. The van der Waals surface area contributed by atoms with E-state index in [1.54, 1.807) is 18.2 Å². The van der Waals surface area contributed by atoms with Crippen LogP contribution < -0.4 is 0 Å². The zero-order valence-corrected chi connectivity index (χ0v) is 11.9. The summed E-state index contributed by atoms with van der Waals surface area (Å²) >= 11 is 2.22. The van der Waals surface area contributed by atoms with Crippen molar-refractivity contribution in [3.05, 3.63) is 71.3 Å². The largest absolute Gasteiger partial charge is 0.380 e. The van der Waals surface area contributed by atoms with Gasteiger partial charge in [0.15, 0.2) is 5.78 Å². The lowest BCUT2D eigenvalue weighted by atomic mass is 9.97. The predicted octanol–water partition coefficient (Wildman–Crippen LogP) is 3.54. The van der Waals surface area contributed by atoms with Crippen LogP contribution >= 0.6 is 22.6 Å². The minimum Gasteiger partial charge on any atom is -0.380 e. The van der Waals surface area contributed by atoms with Gasteiger partial charge in [-0.05, 0) is 11.1 Å². The van der Waals surface area contributed by atoms with Crippen LogP contribution in [0.3, 0.4) is 0 Å². The van der Waals surface area contributed by atoms with Gasteiger partial charge in [0.05, 0.1) is 0 Å². The molecule has 0 saturated carbocycles. The molecule has 0 saturated heterocycles. The number of rotatable bonds is 4. The molecular weight excluding hydrogens is 339 g/mol. The van der Waals surface area contributed by atoms with Gasteiger partial charge in [-0.2, -0.15) is 0 Å². The second-order valence-corrected chi connectivity index (χ2v) is 4.73.